The Bertz CT molecular complexity index is 726. The van der Waals surface area contributed by atoms with Crippen molar-refractivity contribution in [3.8, 4) is 0 Å². The molecule has 0 N–H and O–H groups in total. The molecule has 1 aromatic rings. The van der Waals surface area contributed by atoms with Crippen LogP contribution < -0.4 is 0 Å². The van der Waals surface area contributed by atoms with Crippen LogP contribution in [0.1, 0.15) is 64.9 Å². The molecule has 1 aromatic carbocycles. The number of carbonyl (C=O) groups excluding carboxylic acids is 2. The number of hydrogen-bond donors (Lipinski definition) is 0. The molecule has 3 rings (SSSR count). The second-order valence-corrected chi connectivity index (χ2v) is 10.2. The van der Waals surface area contributed by atoms with E-state index < -0.39 is 5.60 Å². The molecule has 2 heterocycles. The number of amides is 2. The molecule has 178 valence electrons. The average molecular weight is 444 g/mol. The lowest BCUT2D eigenvalue weighted by Crippen LogP contribution is -2.47. The normalized spacial score (nSPS) is 20.8. The maximum Gasteiger partial charge on any atom is 0.410 e. The van der Waals surface area contributed by atoms with Gasteiger partial charge in [-0.25, -0.2) is 4.79 Å². The van der Waals surface area contributed by atoms with Gasteiger partial charge in [0.2, 0.25) is 5.91 Å². The molecule has 2 aliphatic heterocycles. The Kier molecular flexibility index (Phi) is 8.97. The monoisotopic (exact) mass is 443 g/mol. The van der Waals surface area contributed by atoms with Crippen molar-refractivity contribution in [2.45, 2.75) is 77.4 Å². The van der Waals surface area contributed by atoms with Gasteiger partial charge in [0.25, 0.3) is 0 Å². The molecule has 2 aliphatic rings. The van der Waals surface area contributed by atoms with Gasteiger partial charge in [0.05, 0.1) is 6.04 Å². The van der Waals surface area contributed by atoms with Crippen molar-refractivity contribution in [3.05, 3.63) is 35.9 Å². The Morgan fingerprint density at radius 2 is 1.75 bits per heavy atom. The number of benzene rings is 1. The molecule has 32 heavy (non-hydrogen) atoms. The highest BCUT2D eigenvalue weighted by molar-refractivity contribution is 5.78. The van der Waals surface area contributed by atoms with Crippen LogP contribution in [0.25, 0.3) is 0 Å². The van der Waals surface area contributed by atoms with E-state index in [2.05, 4.69) is 17.0 Å². The maximum atomic E-state index is 13.0. The van der Waals surface area contributed by atoms with E-state index in [0.29, 0.717) is 19.5 Å². The van der Waals surface area contributed by atoms with Crippen molar-refractivity contribution in [1.82, 2.24) is 14.7 Å². The van der Waals surface area contributed by atoms with Crippen LogP contribution in [0.15, 0.2) is 30.3 Å². The van der Waals surface area contributed by atoms with Crippen LogP contribution in [0.2, 0.25) is 0 Å². The summed E-state index contributed by atoms with van der Waals surface area (Å²) in [5.41, 5.74) is 0.703. The molecule has 1 atom stereocenters. The number of piperidine rings is 1. The number of ether oxygens (including phenoxy) is 1. The minimum Gasteiger partial charge on any atom is -0.444 e. The van der Waals surface area contributed by atoms with Crippen molar-refractivity contribution in [1.29, 1.82) is 0 Å². The summed E-state index contributed by atoms with van der Waals surface area (Å²) < 4.78 is 5.70. The average Bonchev–Trinajstić information content (AvgIpc) is 2.91. The third-order valence-electron chi connectivity index (χ3n) is 6.38. The number of carbonyl (C=O) groups is 2. The molecule has 6 heteroatoms. The van der Waals surface area contributed by atoms with E-state index in [1.807, 2.05) is 43.9 Å². The SMILES string of the molecule is CC(C)(C)OC(=O)N1CCC(=O)N(CCCN2CCCCC2)CC1CCc1ccccc1. The summed E-state index contributed by atoms with van der Waals surface area (Å²) in [6.45, 7) is 10.9. The number of aryl methyl sites for hydroxylation is 1. The zero-order valence-corrected chi connectivity index (χ0v) is 20.2. The molecule has 0 aromatic heterocycles. The van der Waals surface area contributed by atoms with Gasteiger partial charge in [-0.2, -0.15) is 0 Å². The van der Waals surface area contributed by atoms with Crippen LogP contribution in [0.5, 0.6) is 0 Å². The van der Waals surface area contributed by atoms with Gasteiger partial charge >= 0.3 is 6.09 Å². The Morgan fingerprint density at radius 1 is 1.03 bits per heavy atom. The van der Waals surface area contributed by atoms with E-state index >= 15 is 0 Å². The van der Waals surface area contributed by atoms with Crippen molar-refractivity contribution < 1.29 is 14.3 Å². The summed E-state index contributed by atoms with van der Waals surface area (Å²) >= 11 is 0. The fourth-order valence-electron chi connectivity index (χ4n) is 4.68. The maximum absolute atomic E-state index is 13.0. The van der Waals surface area contributed by atoms with E-state index in [4.69, 9.17) is 4.74 Å². The quantitative estimate of drug-likeness (QED) is 0.629. The molecule has 0 saturated carbocycles. The van der Waals surface area contributed by atoms with Gasteiger partial charge in [0.1, 0.15) is 5.60 Å². The lowest BCUT2D eigenvalue weighted by molar-refractivity contribution is -0.130. The van der Waals surface area contributed by atoms with Crippen LogP contribution in [-0.2, 0) is 16.0 Å². The van der Waals surface area contributed by atoms with Gasteiger partial charge in [-0.3, -0.25) is 4.79 Å². The number of rotatable bonds is 7. The smallest absolute Gasteiger partial charge is 0.410 e. The summed E-state index contributed by atoms with van der Waals surface area (Å²) in [7, 11) is 0. The van der Waals surface area contributed by atoms with E-state index in [9.17, 15) is 9.59 Å². The molecule has 0 aliphatic carbocycles. The van der Waals surface area contributed by atoms with Crippen molar-refractivity contribution >= 4 is 12.0 Å². The van der Waals surface area contributed by atoms with Gasteiger partial charge < -0.3 is 19.4 Å². The first-order valence-corrected chi connectivity index (χ1v) is 12.4. The summed E-state index contributed by atoms with van der Waals surface area (Å²) in [6, 6.07) is 10.3. The van der Waals surface area contributed by atoms with Crippen molar-refractivity contribution in [2.24, 2.45) is 0 Å². The van der Waals surface area contributed by atoms with Crippen LogP contribution >= 0.6 is 0 Å². The van der Waals surface area contributed by atoms with Crippen LogP contribution in [-0.4, -0.2) is 77.6 Å². The van der Waals surface area contributed by atoms with E-state index in [-0.39, 0.29) is 18.0 Å². The third kappa shape index (κ3) is 7.80. The summed E-state index contributed by atoms with van der Waals surface area (Å²) in [5, 5.41) is 0. The van der Waals surface area contributed by atoms with E-state index in [1.54, 1.807) is 4.90 Å². The fourth-order valence-corrected chi connectivity index (χ4v) is 4.68. The second-order valence-electron chi connectivity index (χ2n) is 10.2. The standard InChI is InChI=1S/C26H41N3O3/c1-26(2,3)32-25(31)29-20-15-24(30)28(19-10-18-27-16-8-5-9-17-27)21-23(29)14-13-22-11-6-4-7-12-22/h4,6-7,11-12,23H,5,8-10,13-21H2,1-3H3. The van der Waals surface area contributed by atoms with Crippen LogP contribution in [0.3, 0.4) is 0 Å². The molecule has 6 nitrogen and oxygen atoms in total. The van der Waals surface area contributed by atoms with Gasteiger partial charge in [-0.1, -0.05) is 36.8 Å². The Labute approximate surface area is 193 Å². The molecular weight excluding hydrogens is 402 g/mol. The lowest BCUT2D eigenvalue weighted by Gasteiger charge is -2.34. The molecule has 2 amide bonds. The minimum atomic E-state index is -0.550. The number of hydrogen-bond acceptors (Lipinski definition) is 4. The highest BCUT2D eigenvalue weighted by atomic mass is 16.6. The second kappa shape index (κ2) is 11.7. The predicted molar refractivity (Wildman–Crippen MR) is 128 cm³/mol. The Balaban J connectivity index is 1.64. The van der Waals surface area contributed by atoms with E-state index in [1.165, 1.54) is 37.9 Å². The zero-order valence-electron chi connectivity index (χ0n) is 20.2. The highest BCUT2D eigenvalue weighted by Crippen LogP contribution is 2.20. The lowest BCUT2D eigenvalue weighted by atomic mass is 10.0. The van der Waals surface area contributed by atoms with Crippen LogP contribution in [0, 0.1) is 0 Å². The van der Waals surface area contributed by atoms with Gasteiger partial charge in [0, 0.05) is 26.1 Å². The van der Waals surface area contributed by atoms with Crippen molar-refractivity contribution in [3.63, 3.8) is 0 Å². The molecular formula is C26H41N3O3. The molecule has 1 unspecified atom stereocenters. The van der Waals surface area contributed by atoms with E-state index in [0.717, 1.165) is 32.4 Å². The fraction of sp³-hybridized carbons (Fsp3) is 0.692. The summed E-state index contributed by atoms with van der Waals surface area (Å²) in [4.78, 5) is 32.2. The summed E-state index contributed by atoms with van der Waals surface area (Å²) in [6.07, 6.45) is 6.65. The Hall–Kier alpha value is -2.08. The molecule has 0 spiro atoms. The summed E-state index contributed by atoms with van der Waals surface area (Å²) in [5.74, 6) is 0.152. The van der Waals surface area contributed by atoms with Crippen molar-refractivity contribution in [2.75, 3.05) is 39.3 Å². The minimum absolute atomic E-state index is 0.0357. The number of likely N-dealkylation sites (tertiary alicyclic amines) is 1. The molecule has 0 bridgehead atoms. The zero-order chi connectivity index (χ0) is 23.0. The molecule has 0 radical (unpaired) electrons. The Morgan fingerprint density at radius 3 is 2.44 bits per heavy atom. The third-order valence-corrected chi connectivity index (χ3v) is 6.38. The van der Waals surface area contributed by atoms with Crippen LogP contribution in [0.4, 0.5) is 4.79 Å². The topological polar surface area (TPSA) is 53.1 Å². The first kappa shape index (κ1) is 24.6. The first-order valence-electron chi connectivity index (χ1n) is 12.4. The van der Waals surface area contributed by atoms with Gasteiger partial charge in [-0.15, -0.1) is 0 Å². The van der Waals surface area contributed by atoms with Gasteiger partial charge in [-0.05, 0) is 78.1 Å². The van der Waals surface area contributed by atoms with Gasteiger partial charge in [0.15, 0.2) is 0 Å². The molecule has 2 fully saturated rings. The largest absolute Gasteiger partial charge is 0.444 e. The predicted octanol–water partition coefficient (Wildman–Crippen LogP) is 4.33. The number of nitrogens with zero attached hydrogens (tertiary/aromatic N) is 3. The highest BCUT2D eigenvalue weighted by Gasteiger charge is 2.34. The molecule has 2 saturated heterocycles. The first-order chi connectivity index (χ1) is 15.3.